The number of hydrogen-bond donors (Lipinski definition) is 6. The summed E-state index contributed by atoms with van der Waals surface area (Å²) in [5.74, 6) is -3.33. The molecule has 0 fully saturated rings. The first-order valence-corrected chi connectivity index (χ1v) is 7.03. The topological polar surface area (TPSA) is 282 Å². The molecular formula is C10H24CuN2O12S. The third-order valence-corrected chi connectivity index (χ3v) is 0.167. The van der Waals surface area contributed by atoms with E-state index in [2.05, 4.69) is 0 Å². The molecule has 0 unspecified atom stereocenters. The number of carbonyl (C=O) groups is 4. The second-order valence-corrected chi connectivity index (χ2v) is 3.88. The molecule has 0 aliphatic carbocycles. The molecule has 1 radical (unpaired) electrons. The smallest absolute Gasteiger partial charge is 0.759 e. The van der Waals surface area contributed by atoms with Crippen molar-refractivity contribution < 1.29 is 74.2 Å². The van der Waals surface area contributed by atoms with Crippen LogP contribution >= 0.6 is 0 Å². The molecule has 0 saturated heterocycles. The Balaban J connectivity index is -0.0000000331. The summed E-state index contributed by atoms with van der Waals surface area (Å²) < 4.78 is 34.1. The van der Waals surface area contributed by atoms with Crippen molar-refractivity contribution in [2.75, 3.05) is 13.1 Å². The normalized spacial score (nSPS) is 7.23. The van der Waals surface area contributed by atoms with Gasteiger partial charge in [0.2, 0.25) is 0 Å². The molecule has 0 aromatic rings. The standard InChI is InChI=1S/C2H8N2.4C2H4O2.Cu.H2O4S/c3-1-2-4;4*1-2(3)4;;1-5(2,3)4/h1-4H2;4*1H3,(H,3,4);;(H2,1,2,3,4)/q;;;;;+2;/p-2. The number of carboxylic acids is 4. The second-order valence-electron chi connectivity index (χ2n) is 3.06. The van der Waals surface area contributed by atoms with E-state index in [1.807, 2.05) is 0 Å². The van der Waals surface area contributed by atoms with Gasteiger partial charge in [-0.1, -0.05) is 0 Å². The molecule has 0 aromatic heterocycles. The van der Waals surface area contributed by atoms with E-state index < -0.39 is 34.3 Å². The van der Waals surface area contributed by atoms with Crippen LogP contribution in [-0.4, -0.2) is 74.9 Å². The number of aliphatic carboxylic acids is 4. The van der Waals surface area contributed by atoms with E-state index in [1.165, 1.54) is 0 Å². The van der Waals surface area contributed by atoms with Crippen LogP contribution in [0.3, 0.4) is 0 Å². The average Bonchev–Trinajstić information content (AvgIpc) is 2.22. The third-order valence-electron chi connectivity index (χ3n) is 0.167. The minimum atomic E-state index is -5.17. The van der Waals surface area contributed by atoms with E-state index in [-0.39, 0.29) is 17.1 Å². The molecule has 0 amide bonds. The maximum absolute atomic E-state index is 9.00. The van der Waals surface area contributed by atoms with Crippen LogP contribution in [0.25, 0.3) is 0 Å². The van der Waals surface area contributed by atoms with Gasteiger partial charge < -0.3 is 41.0 Å². The van der Waals surface area contributed by atoms with Gasteiger partial charge in [0.05, 0.1) is 0 Å². The zero-order valence-corrected chi connectivity index (χ0v) is 16.1. The van der Waals surface area contributed by atoms with Crippen molar-refractivity contribution >= 4 is 34.3 Å². The minimum absolute atomic E-state index is 0. The Morgan fingerprint density at radius 1 is 0.692 bits per heavy atom. The van der Waals surface area contributed by atoms with Gasteiger partial charge >= 0.3 is 17.1 Å². The van der Waals surface area contributed by atoms with Crippen LogP contribution in [0.4, 0.5) is 0 Å². The van der Waals surface area contributed by atoms with Gasteiger partial charge in [-0.3, -0.25) is 27.6 Å². The van der Waals surface area contributed by atoms with Crippen molar-refractivity contribution in [3.8, 4) is 0 Å². The van der Waals surface area contributed by atoms with E-state index in [4.69, 9.17) is 68.6 Å². The van der Waals surface area contributed by atoms with E-state index in [1.54, 1.807) is 0 Å². The summed E-state index contributed by atoms with van der Waals surface area (Å²) in [6.07, 6.45) is 0. The van der Waals surface area contributed by atoms with Gasteiger partial charge in [-0.25, -0.2) is 0 Å². The van der Waals surface area contributed by atoms with Crippen LogP contribution in [0.5, 0.6) is 0 Å². The second kappa shape index (κ2) is 34.5. The SMILES string of the molecule is CC(=O)O.CC(=O)O.CC(=O)O.CC(=O)O.NCCN.O=S(=O)([O-])[O-].[Cu+2]. The summed E-state index contributed by atoms with van der Waals surface area (Å²) in [5.41, 5.74) is 9.81. The molecule has 8 N–H and O–H groups in total. The van der Waals surface area contributed by atoms with Crippen LogP contribution in [0, 0.1) is 0 Å². The Morgan fingerprint density at radius 3 is 0.731 bits per heavy atom. The zero-order chi connectivity index (χ0) is 22.2. The number of nitrogens with two attached hydrogens (primary N) is 2. The summed E-state index contributed by atoms with van der Waals surface area (Å²) >= 11 is 0. The summed E-state index contributed by atoms with van der Waals surface area (Å²) in [5, 5.41) is 29.7. The Morgan fingerprint density at radius 2 is 0.731 bits per heavy atom. The third kappa shape index (κ3) is 15200. The van der Waals surface area contributed by atoms with Gasteiger partial charge in [-0.05, 0) is 0 Å². The van der Waals surface area contributed by atoms with Crippen LogP contribution in [0.2, 0.25) is 0 Å². The molecule has 0 bridgehead atoms. The quantitative estimate of drug-likeness (QED) is 0.139. The molecular weight excluding hydrogens is 436 g/mol. The molecule has 0 rings (SSSR count). The van der Waals surface area contributed by atoms with Crippen molar-refractivity contribution in [2.24, 2.45) is 11.5 Å². The van der Waals surface area contributed by atoms with Gasteiger partial charge in [0.15, 0.2) is 0 Å². The van der Waals surface area contributed by atoms with E-state index in [0.717, 1.165) is 27.7 Å². The molecule has 14 nitrogen and oxygen atoms in total. The molecule has 0 spiro atoms. The fraction of sp³-hybridized carbons (Fsp3) is 0.600. The number of carboxylic acid groups (broad SMARTS) is 4. The first-order chi connectivity index (χ1) is 10.8. The summed E-state index contributed by atoms with van der Waals surface area (Å²) in [6.45, 7) is 5.53. The molecule has 163 valence electrons. The van der Waals surface area contributed by atoms with Crippen molar-refractivity contribution in [2.45, 2.75) is 27.7 Å². The predicted octanol–water partition coefficient (Wildman–Crippen LogP) is -2.07. The van der Waals surface area contributed by atoms with Crippen LogP contribution in [0.1, 0.15) is 27.7 Å². The monoisotopic (exact) mass is 459 g/mol. The molecule has 0 heterocycles. The van der Waals surface area contributed by atoms with Crippen molar-refractivity contribution in [1.29, 1.82) is 0 Å². The van der Waals surface area contributed by atoms with Gasteiger partial charge in [0, 0.05) is 51.2 Å². The minimum Gasteiger partial charge on any atom is -0.759 e. The maximum Gasteiger partial charge on any atom is 2.00 e. The Hall–Kier alpha value is -1.81. The molecule has 0 aliphatic heterocycles. The Bertz CT molecular complexity index is 367. The zero-order valence-electron chi connectivity index (χ0n) is 14.3. The van der Waals surface area contributed by atoms with Crippen molar-refractivity contribution in [1.82, 2.24) is 0 Å². The number of rotatable bonds is 1. The maximum atomic E-state index is 9.00. The molecule has 26 heavy (non-hydrogen) atoms. The van der Waals surface area contributed by atoms with Crippen LogP contribution < -0.4 is 11.5 Å². The van der Waals surface area contributed by atoms with Crippen LogP contribution in [0.15, 0.2) is 0 Å². The van der Waals surface area contributed by atoms with E-state index in [9.17, 15) is 0 Å². The summed E-state index contributed by atoms with van der Waals surface area (Å²) in [6, 6.07) is 0. The largest absolute Gasteiger partial charge is 2.00 e. The Kier molecular flexibility index (Phi) is 58.4. The predicted molar refractivity (Wildman–Crippen MR) is 81.8 cm³/mol. The fourth-order valence-electron chi connectivity index (χ4n) is 0. The molecule has 0 aromatic carbocycles. The van der Waals surface area contributed by atoms with Crippen molar-refractivity contribution in [3.05, 3.63) is 0 Å². The van der Waals surface area contributed by atoms with E-state index >= 15 is 0 Å². The van der Waals surface area contributed by atoms with E-state index in [0.29, 0.717) is 13.1 Å². The first-order valence-electron chi connectivity index (χ1n) is 5.69. The summed E-state index contributed by atoms with van der Waals surface area (Å²) in [4.78, 5) is 36.0. The Labute approximate surface area is 161 Å². The average molecular weight is 460 g/mol. The van der Waals surface area contributed by atoms with Crippen molar-refractivity contribution in [3.63, 3.8) is 0 Å². The molecule has 0 atom stereocenters. The van der Waals surface area contributed by atoms with Gasteiger partial charge in [0.1, 0.15) is 0 Å². The first kappa shape index (κ1) is 44.0. The number of hydrogen-bond acceptors (Lipinski definition) is 10. The van der Waals surface area contributed by atoms with Gasteiger partial charge in [-0.15, -0.1) is 0 Å². The van der Waals surface area contributed by atoms with Gasteiger partial charge in [-0.2, -0.15) is 0 Å². The summed E-state index contributed by atoms with van der Waals surface area (Å²) in [7, 11) is -5.17. The molecule has 0 saturated carbocycles. The molecule has 16 heteroatoms. The molecule has 0 aliphatic rings. The fourth-order valence-corrected chi connectivity index (χ4v) is 0. The van der Waals surface area contributed by atoms with Crippen LogP contribution in [-0.2, 0) is 46.6 Å². The van der Waals surface area contributed by atoms with Gasteiger partial charge in [0.25, 0.3) is 23.9 Å².